The Morgan fingerprint density at radius 2 is 1.24 bits per heavy atom. The van der Waals surface area contributed by atoms with Gasteiger partial charge in [0.05, 0.1) is 6.04 Å². The second-order valence-electron chi connectivity index (χ2n) is 5.64. The maximum absolute atomic E-state index is 12.0. The Labute approximate surface area is 144 Å². The Bertz CT molecular complexity index is 538. The second-order valence-corrected chi connectivity index (χ2v) is 5.64. The minimum absolute atomic E-state index is 0.0430. The lowest BCUT2D eigenvalue weighted by Crippen LogP contribution is -2.55. The maximum atomic E-state index is 12.0. The Morgan fingerprint density at radius 3 is 1.64 bits per heavy atom. The Balaban J connectivity index is 4.45. The molecule has 0 aliphatic heterocycles. The number of aliphatic carboxylic acids is 1. The second kappa shape index (κ2) is 10.2. The van der Waals surface area contributed by atoms with Gasteiger partial charge in [-0.25, -0.2) is 0 Å². The third kappa shape index (κ3) is 8.65. The molecule has 0 aromatic heterocycles. The molecule has 0 saturated heterocycles. The van der Waals surface area contributed by atoms with Gasteiger partial charge in [-0.05, 0) is 27.2 Å². The van der Waals surface area contributed by atoms with Crippen molar-refractivity contribution in [3.05, 3.63) is 0 Å². The van der Waals surface area contributed by atoms with E-state index in [1.807, 2.05) is 0 Å². The third-order valence-electron chi connectivity index (χ3n) is 3.27. The van der Waals surface area contributed by atoms with Gasteiger partial charge in [-0.2, -0.15) is 0 Å². The molecule has 0 rings (SSSR count). The highest BCUT2D eigenvalue weighted by molar-refractivity contribution is 5.93. The van der Waals surface area contributed by atoms with Crippen LogP contribution in [0, 0.1) is 0 Å². The molecule has 11 heteroatoms. The number of carbonyl (C=O) groups excluding carboxylic acids is 4. The monoisotopic (exact) mass is 359 g/mol. The molecule has 0 bridgehead atoms. The molecular formula is C14H25N5O6. The highest BCUT2D eigenvalue weighted by Crippen LogP contribution is 1.96. The van der Waals surface area contributed by atoms with Crippen molar-refractivity contribution in [1.29, 1.82) is 0 Å². The lowest BCUT2D eigenvalue weighted by Gasteiger charge is -2.20. The zero-order valence-corrected chi connectivity index (χ0v) is 14.4. The maximum Gasteiger partial charge on any atom is 0.325 e. The van der Waals surface area contributed by atoms with Gasteiger partial charge in [0.2, 0.25) is 23.6 Å². The summed E-state index contributed by atoms with van der Waals surface area (Å²) in [4.78, 5) is 56.9. The van der Waals surface area contributed by atoms with E-state index in [4.69, 9.17) is 16.6 Å². The fourth-order valence-corrected chi connectivity index (χ4v) is 1.62. The highest BCUT2D eigenvalue weighted by atomic mass is 16.4. The molecule has 4 unspecified atom stereocenters. The largest absolute Gasteiger partial charge is 0.480 e. The van der Waals surface area contributed by atoms with E-state index in [1.54, 1.807) is 0 Å². The summed E-state index contributed by atoms with van der Waals surface area (Å²) in [5.74, 6) is -3.77. The van der Waals surface area contributed by atoms with Gasteiger partial charge in [0, 0.05) is 6.42 Å². The van der Waals surface area contributed by atoms with Crippen LogP contribution in [-0.4, -0.2) is 58.9 Å². The summed E-state index contributed by atoms with van der Waals surface area (Å²) in [6, 6.07) is -4.09. The standard InChI is InChI=1S/C14H25N5O6/c1-6(12(22)19-8(3)14(24)25)17-11(21)7(2)18-13(23)9(15)4-5-10(16)20/h6-9H,4-5,15H2,1-3H3,(H2,16,20)(H,17,21)(H,18,23)(H,19,22)(H,24,25). The summed E-state index contributed by atoms with van der Waals surface area (Å²) in [6.07, 6.45) is -0.0183. The van der Waals surface area contributed by atoms with Crippen LogP contribution in [0.25, 0.3) is 0 Å². The smallest absolute Gasteiger partial charge is 0.325 e. The van der Waals surface area contributed by atoms with Crippen molar-refractivity contribution >= 4 is 29.6 Å². The third-order valence-corrected chi connectivity index (χ3v) is 3.27. The number of carboxylic acids is 1. The summed E-state index contributed by atoms with van der Waals surface area (Å²) in [7, 11) is 0. The first-order valence-electron chi connectivity index (χ1n) is 7.63. The molecule has 0 aliphatic carbocycles. The summed E-state index contributed by atoms with van der Waals surface area (Å²) in [6.45, 7) is 4.04. The van der Waals surface area contributed by atoms with Crippen molar-refractivity contribution in [3.63, 3.8) is 0 Å². The number of nitrogens with two attached hydrogens (primary N) is 2. The Hall–Kier alpha value is -2.69. The molecule has 0 fully saturated rings. The average Bonchev–Trinajstić information content (AvgIpc) is 2.51. The van der Waals surface area contributed by atoms with Crippen molar-refractivity contribution in [2.45, 2.75) is 57.8 Å². The van der Waals surface area contributed by atoms with Gasteiger partial charge in [-0.15, -0.1) is 0 Å². The molecule has 142 valence electrons. The first-order chi connectivity index (χ1) is 11.5. The van der Waals surface area contributed by atoms with Crippen molar-refractivity contribution in [2.24, 2.45) is 11.5 Å². The lowest BCUT2D eigenvalue weighted by molar-refractivity contribution is -0.141. The number of hydrogen-bond donors (Lipinski definition) is 6. The van der Waals surface area contributed by atoms with Gasteiger partial charge in [0.1, 0.15) is 18.1 Å². The van der Waals surface area contributed by atoms with Crippen molar-refractivity contribution < 1.29 is 29.1 Å². The van der Waals surface area contributed by atoms with Crippen LogP contribution >= 0.6 is 0 Å². The number of rotatable bonds is 10. The van der Waals surface area contributed by atoms with Gasteiger partial charge in [-0.1, -0.05) is 0 Å². The molecule has 8 N–H and O–H groups in total. The van der Waals surface area contributed by atoms with Crippen molar-refractivity contribution in [2.75, 3.05) is 0 Å². The molecule has 0 aliphatic rings. The molecule has 0 aromatic rings. The number of carbonyl (C=O) groups is 5. The van der Waals surface area contributed by atoms with E-state index < -0.39 is 53.8 Å². The van der Waals surface area contributed by atoms with Crippen molar-refractivity contribution in [3.8, 4) is 0 Å². The molecular weight excluding hydrogens is 334 g/mol. The van der Waals surface area contributed by atoms with Gasteiger partial charge >= 0.3 is 5.97 Å². The summed E-state index contributed by atoms with van der Waals surface area (Å²) in [5, 5.41) is 15.6. The van der Waals surface area contributed by atoms with Crippen LogP contribution in [0.1, 0.15) is 33.6 Å². The molecule has 0 radical (unpaired) electrons. The number of hydrogen-bond acceptors (Lipinski definition) is 6. The van der Waals surface area contributed by atoms with E-state index >= 15 is 0 Å². The molecule has 0 saturated carbocycles. The summed E-state index contributed by atoms with van der Waals surface area (Å²) in [5.41, 5.74) is 10.5. The zero-order valence-electron chi connectivity index (χ0n) is 14.4. The van der Waals surface area contributed by atoms with E-state index in [2.05, 4.69) is 16.0 Å². The topological polar surface area (TPSA) is 194 Å². The van der Waals surface area contributed by atoms with Crippen LogP contribution in [-0.2, 0) is 24.0 Å². The lowest BCUT2D eigenvalue weighted by atomic mass is 10.1. The number of primary amides is 1. The van der Waals surface area contributed by atoms with Gasteiger partial charge < -0.3 is 32.5 Å². The van der Waals surface area contributed by atoms with Crippen LogP contribution in [0.3, 0.4) is 0 Å². The van der Waals surface area contributed by atoms with E-state index in [9.17, 15) is 24.0 Å². The summed E-state index contributed by atoms with van der Waals surface area (Å²) < 4.78 is 0. The normalized spacial score (nSPS) is 15.2. The number of nitrogens with one attached hydrogen (secondary N) is 3. The minimum Gasteiger partial charge on any atom is -0.480 e. The first kappa shape index (κ1) is 22.3. The van der Waals surface area contributed by atoms with Crippen LogP contribution in [0.4, 0.5) is 0 Å². The molecule has 0 aromatic carbocycles. The Kier molecular flexibility index (Phi) is 9.13. The zero-order chi connectivity index (χ0) is 19.7. The van der Waals surface area contributed by atoms with E-state index in [1.165, 1.54) is 20.8 Å². The quantitative estimate of drug-likeness (QED) is 0.242. The summed E-state index contributed by atoms with van der Waals surface area (Å²) >= 11 is 0. The SMILES string of the molecule is CC(NC(=O)C(C)NC(=O)C(C)NC(=O)C(N)CCC(N)=O)C(=O)O. The molecule has 25 heavy (non-hydrogen) atoms. The van der Waals surface area contributed by atoms with E-state index in [0.29, 0.717) is 0 Å². The average molecular weight is 359 g/mol. The molecule has 4 atom stereocenters. The van der Waals surface area contributed by atoms with Gasteiger partial charge in [0.25, 0.3) is 0 Å². The van der Waals surface area contributed by atoms with Crippen LogP contribution in [0.15, 0.2) is 0 Å². The van der Waals surface area contributed by atoms with E-state index in [0.717, 1.165) is 0 Å². The van der Waals surface area contributed by atoms with Crippen LogP contribution in [0.2, 0.25) is 0 Å². The fraction of sp³-hybridized carbons (Fsp3) is 0.643. The van der Waals surface area contributed by atoms with Crippen LogP contribution in [0.5, 0.6) is 0 Å². The molecule has 4 amide bonds. The van der Waals surface area contributed by atoms with E-state index in [-0.39, 0.29) is 12.8 Å². The predicted octanol–water partition coefficient (Wildman–Crippen LogP) is -2.82. The molecule has 11 nitrogen and oxygen atoms in total. The predicted molar refractivity (Wildman–Crippen MR) is 86.9 cm³/mol. The van der Waals surface area contributed by atoms with Crippen molar-refractivity contribution in [1.82, 2.24) is 16.0 Å². The number of amides is 4. The fourth-order valence-electron chi connectivity index (χ4n) is 1.62. The van der Waals surface area contributed by atoms with Crippen LogP contribution < -0.4 is 27.4 Å². The van der Waals surface area contributed by atoms with Gasteiger partial charge in [0.15, 0.2) is 0 Å². The van der Waals surface area contributed by atoms with Gasteiger partial charge in [-0.3, -0.25) is 24.0 Å². The highest BCUT2D eigenvalue weighted by Gasteiger charge is 2.24. The molecule has 0 spiro atoms. The first-order valence-corrected chi connectivity index (χ1v) is 7.63. The number of carboxylic acid groups (broad SMARTS) is 1. The minimum atomic E-state index is -1.21. The Morgan fingerprint density at radius 1 is 0.840 bits per heavy atom. The molecule has 0 heterocycles.